The van der Waals surface area contributed by atoms with Crippen LogP contribution in [0.4, 0.5) is 18.8 Å². The van der Waals surface area contributed by atoms with Crippen molar-refractivity contribution >= 4 is 47.9 Å². The minimum Gasteiger partial charge on any atom is -0.441 e. The van der Waals surface area contributed by atoms with Crippen molar-refractivity contribution in [3.63, 3.8) is 0 Å². The number of nitrogens with one attached hydrogen (secondary N) is 1. The molecule has 2 heterocycles. The monoisotopic (exact) mass is 444 g/mol. The summed E-state index contributed by atoms with van der Waals surface area (Å²) in [5.41, 5.74) is 0.351. The van der Waals surface area contributed by atoms with Gasteiger partial charge in [-0.05, 0) is 25.0 Å². The number of rotatable bonds is 7. The summed E-state index contributed by atoms with van der Waals surface area (Å²) in [4.78, 5) is 40.0. The fraction of sp³-hybridized carbons (Fsp3) is 0.294. The van der Waals surface area contributed by atoms with Crippen LogP contribution in [0.2, 0.25) is 5.02 Å². The van der Waals surface area contributed by atoms with Crippen molar-refractivity contribution in [3.8, 4) is 0 Å². The molecule has 1 aliphatic heterocycles. The van der Waals surface area contributed by atoms with Crippen molar-refractivity contribution in [2.75, 3.05) is 18.9 Å². The van der Waals surface area contributed by atoms with Gasteiger partial charge in [0.15, 0.2) is 24.4 Å². The van der Waals surface area contributed by atoms with E-state index in [9.17, 15) is 22.7 Å². The van der Waals surface area contributed by atoms with E-state index >= 15 is 0 Å². The van der Waals surface area contributed by atoms with Gasteiger partial charge in [0.1, 0.15) is 11.8 Å². The van der Waals surface area contributed by atoms with Crippen molar-refractivity contribution in [1.82, 2.24) is 13.9 Å². The van der Waals surface area contributed by atoms with Gasteiger partial charge >= 0.3 is 6.09 Å². The van der Waals surface area contributed by atoms with E-state index in [-0.39, 0.29) is 53.1 Å². The highest BCUT2D eigenvalue weighted by molar-refractivity contribution is 7.92. The fourth-order valence-electron chi connectivity index (χ4n) is 2.94. The number of nitrogens with zero attached hydrogens (tertiary/aromatic N) is 3. The number of hydrogen-bond donors (Lipinski definition) is 1. The summed E-state index contributed by atoms with van der Waals surface area (Å²) >= 11 is 5.57. The number of cyclic esters (lactones) is 1. The molecule has 1 atom stereocenters. The number of aromatic nitrogens is 2. The molecule has 29 heavy (non-hydrogen) atoms. The van der Waals surface area contributed by atoms with E-state index in [0.717, 1.165) is 10.2 Å². The second-order valence-electron chi connectivity index (χ2n) is 6.21. The van der Waals surface area contributed by atoms with E-state index in [1.165, 1.54) is 24.1 Å². The lowest BCUT2D eigenvalue weighted by Crippen LogP contribution is -2.30. The molecule has 0 unspecified atom stereocenters. The van der Waals surface area contributed by atoms with Gasteiger partial charge in [0, 0.05) is 19.8 Å². The topological polar surface area (TPSA) is 93.5 Å². The largest absolute Gasteiger partial charge is 0.441 e. The van der Waals surface area contributed by atoms with Gasteiger partial charge in [-0.3, -0.25) is 14.9 Å². The van der Waals surface area contributed by atoms with Gasteiger partial charge in [0.05, 0.1) is 16.3 Å². The first-order valence-corrected chi connectivity index (χ1v) is 9.45. The molecule has 0 saturated carbocycles. The number of benzene rings is 1. The Labute approximate surface area is 173 Å². The predicted molar refractivity (Wildman–Crippen MR) is 102 cm³/mol. The second kappa shape index (κ2) is 8.78. The van der Waals surface area contributed by atoms with Crippen molar-refractivity contribution < 1.29 is 27.4 Å². The predicted octanol–water partition coefficient (Wildman–Crippen LogP) is 4.02. The van der Waals surface area contributed by atoms with Gasteiger partial charge in [0.25, 0.3) is 5.91 Å². The minimum atomic E-state index is -0.869. The average molecular weight is 445 g/mol. The maximum absolute atomic E-state index is 14.4. The van der Waals surface area contributed by atoms with Crippen LogP contribution in [0.15, 0.2) is 18.3 Å². The summed E-state index contributed by atoms with van der Waals surface area (Å²) in [6.07, 6.45) is 0.502. The smallest absolute Gasteiger partial charge is 0.412 e. The molecule has 3 rings (SSSR count). The van der Waals surface area contributed by atoms with Gasteiger partial charge in [-0.25, -0.2) is 18.1 Å². The van der Waals surface area contributed by atoms with Crippen LogP contribution < -0.4 is 5.32 Å². The molecule has 154 valence electrons. The first kappa shape index (κ1) is 21.1. The Morgan fingerprint density at radius 1 is 1.52 bits per heavy atom. The lowest BCUT2D eigenvalue weighted by molar-refractivity contribution is 0.0748. The van der Waals surface area contributed by atoms with E-state index in [1.807, 2.05) is 0 Å². The zero-order chi connectivity index (χ0) is 21.1. The Bertz CT molecular complexity index is 971. The average Bonchev–Trinajstić information content (AvgIpc) is 3.13. The third-order valence-electron chi connectivity index (χ3n) is 4.33. The van der Waals surface area contributed by atoms with Crippen LogP contribution in [0, 0.1) is 5.82 Å². The van der Waals surface area contributed by atoms with E-state index in [4.69, 9.17) is 16.3 Å². The maximum atomic E-state index is 14.4. The Balaban J connectivity index is 1.67. The zero-order valence-electron chi connectivity index (χ0n) is 15.0. The Morgan fingerprint density at radius 2 is 2.28 bits per heavy atom. The van der Waals surface area contributed by atoms with Gasteiger partial charge in [0.2, 0.25) is 5.82 Å². The highest BCUT2D eigenvalue weighted by Crippen LogP contribution is 2.38. The molecule has 0 bridgehead atoms. The van der Waals surface area contributed by atoms with Crippen molar-refractivity contribution in [2.24, 2.45) is 0 Å². The van der Waals surface area contributed by atoms with E-state index in [0.29, 0.717) is 12.7 Å². The SMILES string of the molecule is CN(CCC[C@H]1OC(=O)Nc2ccc(Cl)c(F)c21)C(=O)c1nc(C=O)cn1SF. The van der Waals surface area contributed by atoms with Gasteiger partial charge in [-0.15, -0.1) is 3.89 Å². The molecule has 12 heteroatoms. The molecule has 8 nitrogen and oxygen atoms in total. The van der Waals surface area contributed by atoms with Crippen molar-refractivity contribution in [3.05, 3.63) is 46.3 Å². The van der Waals surface area contributed by atoms with Crippen molar-refractivity contribution in [2.45, 2.75) is 18.9 Å². The minimum absolute atomic E-state index is 0.0718. The molecule has 1 aliphatic rings. The van der Waals surface area contributed by atoms with Crippen LogP contribution in [0.25, 0.3) is 0 Å². The zero-order valence-corrected chi connectivity index (χ0v) is 16.6. The highest BCUT2D eigenvalue weighted by Gasteiger charge is 2.30. The molecule has 0 saturated heterocycles. The molecule has 0 fully saturated rings. The van der Waals surface area contributed by atoms with Crippen LogP contribution in [-0.4, -0.2) is 45.7 Å². The van der Waals surface area contributed by atoms with E-state index < -0.39 is 23.9 Å². The number of hydrogen-bond acceptors (Lipinski definition) is 6. The summed E-state index contributed by atoms with van der Waals surface area (Å²) in [6.45, 7) is 0.193. The lowest BCUT2D eigenvalue weighted by Gasteiger charge is -2.27. The normalized spacial score (nSPS) is 15.3. The van der Waals surface area contributed by atoms with Gasteiger partial charge in [-0.2, -0.15) is 0 Å². The number of imidazole rings is 1. The molecule has 2 aromatic rings. The quantitative estimate of drug-likeness (QED) is 0.648. The summed E-state index contributed by atoms with van der Waals surface area (Å²) in [5, 5.41) is 2.32. The number of halogens is 3. The van der Waals surface area contributed by atoms with Gasteiger partial charge in [-0.1, -0.05) is 11.6 Å². The molecular formula is C17H15ClF2N4O4S. The summed E-state index contributed by atoms with van der Waals surface area (Å²) < 4.78 is 33.4. The molecule has 0 spiro atoms. The number of ether oxygens (including phenoxy) is 1. The Hall–Kier alpha value is -2.66. The van der Waals surface area contributed by atoms with E-state index in [1.54, 1.807) is 0 Å². The third-order valence-corrected chi connectivity index (χ3v) is 5.05. The van der Waals surface area contributed by atoms with E-state index in [2.05, 4.69) is 10.3 Å². The number of aldehydes is 1. The van der Waals surface area contributed by atoms with Crippen LogP contribution in [-0.2, 0) is 4.74 Å². The third kappa shape index (κ3) is 4.35. The van der Waals surface area contributed by atoms with Gasteiger partial charge < -0.3 is 9.64 Å². The number of carbonyl (C=O) groups excluding carboxylic acids is 3. The lowest BCUT2D eigenvalue weighted by atomic mass is 10.0. The summed E-state index contributed by atoms with van der Waals surface area (Å²) in [6, 6.07) is 2.83. The van der Waals surface area contributed by atoms with Crippen molar-refractivity contribution in [1.29, 1.82) is 0 Å². The molecule has 0 aliphatic carbocycles. The number of fused-ring (bicyclic) bond motifs is 1. The summed E-state index contributed by atoms with van der Waals surface area (Å²) in [7, 11) is 1.48. The maximum Gasteiger partial charge on any atom is 0.412 e. The number of anilines is 1. The molecule has 1 aromatic heterocycles. The van der Waals surface area contributed by atoms with Crippen LogP contribution >= 0.6 is 23.9 Å². The van der Waals surface area contributed by atoms with Crippen LogP contribution in [0.1, 0.15) is 45.6 Å². The fourth-order valence-corrected chi connectivity index (χ4v) is 3.44. The first-order chi connectivity index (χ1) is 13.8. The standard InChI is InChI=1S/C17H15ClF2N4O4S/c1-23(16(26)15-21-9(8-25)7-24(15)29-20)6-2-3-12-13-11(22-17(27)28-12)5-4-10(18)14(13)19/h4-5,7-8,12H,2-3,6H2,1H3,(H,22,27)/t12-/m1/s1. The van der Waals surface area contributed by atoms with Crippen LogP contribution in [0.3, 0.4) is 0 Å². The second-order valence-corrected chi connectivity index (χ2v) is 7.15. The molecular weight excluding hydrogens is 430 g/mol. The molecule has 1 N–H and O–H groups in total. The Morgan fingerprint density at radius 3 is 2.97 bits per heavy atom. The summed E-state index contributed by atoms with van der Waals surface area (Å²) in [5.74, 6) is -1.51. The highest BCUT2D eigenvalue weighted by atomic mass is 35.5. The molecule has 0 radical (unpaired) electrons. The Kier molecular flexibility index (Phi) is 6.38. The number of carbonyl (C=O) groups is 3. The first-order valence-electron chi connectivity index (χ1n) is 8.40. The molecule has 2 amide bonds. The number of amides is 2. The molecule has 1 aromatic carbocycles. The van der Waals surface area contributed by atoms with Crippen LogP contribution in [0.5, 0.6) is 0 Å².